The summed E-state index contributed by atoms with van der Waals surface area (Å²) in [5.41, 5.74) is -0.0210. The van der Waals surface area contributed by atoms with E-state index in [1.807, 2.05) is 0 Å². The molecule has 0 heterocycles. The highest BCUT2D eigenvalue weighted by Crippen LogP contribution is 2.10. The van der Waals surface area contributed by atoms with Crippen LogP contribution in [-0.2, 0) is 4.79 Å². The molecular weight excluding hydrogens is 376 g/mol. The summed E-state index contributed by atoms with van der Waals surface area (Å²) >= 11 is 0. The van der Waals surface area contributed by atoms with Crippen molar-refractivity contribution in [3.63, 3.8) is 0 Å². The number of carboxylic acids is 2. The number of unbranched alkanes of at least 4 members (excludes halogenated alkanes) is 1. The van der Waals surface area contributed by atoms with Crippen LogP contribution in [0.15, 0.2) is 60.7 Å². The van der Waals surface area contributed by atoms with E-state index in [1.54, 1.807) is 62.4 Å². The van der Waals surface area contributed by atoms with Crippen molar-refractivity contribution >= 4 is 17.7 Å². The van der Waals surface area contributed by atoms with Gasteiger partial charge in [0.1, 0.15) is 0 Å². The second-order valence-corrected chi connectivity index (χ2v) is 6.66. The Bertz CT molecular complexity index is 735. The van der Waals surface area contributed by atoms with Gasteiger partial charge >= 0.3 is 11.9 Å². The molecule has 0 bridgehead atoms. The molecule has 0 spiro atoms. The van der Waals surface area contributed by atoms with Crippen LogP contribution in [0.5, 0.6) is 0 Å². The minimum atomic E-state index is -1.42. The fourth-order valence-corrected chi connectivity index (χ4v) is 1.96. The second kappa shape index (κ2) is 14.0. The molecule has 29 heavy (non-hydrogen) atoms. The van der Waals surface area contributed by atoms with E-state index in [9.17, 15) is 14.4 Å². The summed E-state index contributed by atoms with van der Waals surface area (Å²) in [4.78, 5) is 31.1. The Morgan fingerprint density at radius 1 is 0.793 bits per heavy atom. The molecule has 0 aliphatic heterocycles. The first kappa shape index (κ1) is 26.0. The molecule has 0 aliphatic carbocycles. The molecule has 0 fully saturated rings. The molecular formula is C22H28O7. The number of hydrogen-bond acceptors (Lipinski definition) is 5. The van der Waals surface area contributed by atoms with Gasteiger partial charge in [0, 0.05) is 12.2 Å². The summed E-state index contributed by atoms with van der Waals surface area (Å²) in [6.07, 6.45) is 2.47. The van der Waals surface area contributed by atoms with Crippen LogP contribution in [0.25, 0.3) is 0 Å². The van der Waals surface area contributed by atoms with Gasteiger partial charge in [-0.25, -0.2) is 9.59 Å². The van der Waals surface area contributed by atoms with Crippen molar-refractivity contribution in [1.82, 2.24) is 0 Å². The molecule has 0 aliphatic rings. The lowest BCUT2D eigenvalue weighted by molar-refractivity contribution is -0.131. The Hall–Kier alpha value is -3.03. The summed E-state index contributed by atoms with van der Waals surface area (Å²) < 4.78 is 0. The first-order valence-corrected chi connectivity index (χ1v) is 9.02. The van der Waals surface area contributed by atoms with E-state index in [2.05, 4.69) is 0 Å². The lowest BCUT2D eigenvalue weighted by atomic mass is 10.0. The number of Topliss-reactive ketones (excluding diaryl/α,β-unsaturated/α-hetero) is 1. The highest BCUT2D eigenvalue weighted by atomic mass is 16.4. The molecule has 0 amide bonds. The molecule has 2 rings (SSSR count). The third-order valence-corrected chi connectivity index (χ3v) is 3.45. The molecule has 7 heteroatoms. The first-order chi connectivity index (χ1) is 13.6. The molecule has 0 saturated heterocycles. The fraction of sp³-hybridized carbons (Fsp3) is 0.318. The second-order valence-electron chi connectivity index (χ2n) is 6.66. The normalized spacial score (nSPS) is 9.93. The van der Waals surface area contributed by atoms with Gasteiger partial charge in [-0.05, 0) is 45.2 Å². The average molecular weight is 404 g/mol. The van der Waals surface area contributed by atoms with Crippen molar-refractivity contribution in [3.8, 4) is 0 Å². The SMILES string of the molecule is CC(C)(O)CCCCO.O=C(O)C(=O)c1ccccc1.O=C(O)c1ccccc1. The molecule has 0 unspecified atom stereocenters. The zero-order chi connectivity index (χ0) is 22.3. The van der Waals surface area contributed by atoms with Crippen LogP contribution >= 0.6 is 0 Å². The van der Waals surface area contributed by atoms with Gasteiger partial charge in [0.15, 0.2) is 0 Å². The zero-order valence-electron chi connectivity index (χ0n) is 16.6. The summed E-state index contributed by atoms with van der Waals surface area (Å²) in [6, 6.07) is 16.2. The maximum atomic E-state index is 10.7. The Kier molecular flexibility index (Phi) is 12.6. The van der Waals surface area contributed by atoms with E-state index in [0.717, 1.165) is 19.3 Å². The van der Waals surface area contributed by atoms with E-state index in [4.69, 9.17) is 20.4 Å². The van der Waals surface area contributed by atoms with Crippen molar-refractivity contribution in [2.24, 2.45) is 0 Å². The largest absolute Gasteiger partial charge is 0.478 e. The van der Waals surface area contributed by atoms with E-state index in [-0.39, 0.29) is 12.2 Å². The predicted octanol–water partition coefficient (Wildman–Crippen LogP) is 3.26. The monoisotopic (exact) mass is 404 g/mol. The molecule has 2 aromatic carbocycles. The van der Waals surface area contributed by atoms with Crippen LogP contribution in [0, 0.1) is 0 Å². The lowest BCUT2D eigenvalue weighted by Crippen LogP contribution is -2.17. The Balaban J connectivity index is 0.000000409. The smallest absolute Gasteiger partial charge is 0.377 e. The Labute approximate surface area is 170 Å². The number of benzene rings is 2. The summed E-state index contributed by atoms with van der Waals surface area (Å²) in [5.74, 6) is -3.17. The van der Waals surface area contributed by atoms with Crippen molar-refractivity contribution in [2.45, 2.75) is 38.7 Å². The number of aliphatic carboxylic acids is 1. The van der Waals surface area contributed by atoms with E-state index >= 15 is 0 Å². The van der Waals surface area contributed by atoms with Gasteiger partial charge in [-0.1, -0.05) is 48.5 Å². The van der Waals surface area contributed by atoms with Crippen molar-refractivity contribution in [2.75, 3.05) is 6.61 Å². The quantitative estimate of drug-likeness (QED) is 0.316. The topological polar surface area (TPSA) is 132 Å². The Morgan fingerprint density at radius 3 is 1.55 bits per heavy atom. The van der Waals surface area contributed by atoms with Gasteiger partial charge < -0.3 is 20.4 Å². The van der Waals surface area contributed by atoms with Crippen molar-refractivity contribution in [3.05, 3.63) is 71.8 Å². The van der Waals surface area contributed by atoms with Crippen molar-refractivity contribution < 1.29 is 34.8 Å². The number of aromatic carboxylic acids is 1. The average Bonchev–Trinajstić information content (AvgIpc) is 2.69. The van der Waals surface area contributed by atoms with Gasteiger partial charge in [-0.2, -0.15) is 0 Å². The molecule has 0 atom stereocenters. The van der Waals surface area contributed by atoms with Crippen LogP contribution < -0.4 is 0 Å². The van der Waals surface area contributed by atoms with Gasteiger partial charge in [-0.3, -0.25) is 4.79 Å². The molecule has 0 radical (unpaired) electrons. The van der Waals surface area contributed by atoms with Gasteiger partial charge in [-0.15, -0.1) is 0 Å². The number of hydrogen-bond donors (Lipinski definition) is 4. The number of aliphatic hydroxyl groups is 2. The minimum absolute atomic E-state index is 0.208. The standard InChI is InChI=1S/C8H6O3.C7H6O2.C7H16O2/c9-7(8(10)11)6-4-2-1-3-5-6;8-7(9)6-4-2-1-3-5-6;1-7(2,9)5-3-4-6-8/h1-5H,(H,10,11);1-5H,(H,8,9);8-9H,3-6H2,1-2H3. The minimum Gasteiger partial charge on any atom is -0.478 e. The summed E-state index contributed by atoms with van der Waals surface area (Å²) in [6.45, 7) is 3.80. The number of ketones is 1. The van der Waals surface area contributed by atoms with E-state index in [1.165, 1.54) is 12.1 Å². The van der Waals surface area contributed by atoms with Crippen LogP contribution in [0.2, 0.25) is 0 Å². The fourth-order valence-electron chi connectivity index (χ4n) is 1.96. The molecule has 4 N–H and O–H groups in total. The molecule has 2 aromatic rings. The summed E-state index contributed by atoms with van der Waals surface area (Å²) in [7, 11) is 0. The lowest BCUT2D eigenvalue weighted by Gasteiger charge is -2.15. The maximum absolute atomic E-state index is 10.7. The predicted molar refractivity (Wildman–Crippen MR) is 109 cm³/mol. The van der Waals surface area contributed by atoms with Crippen LogP contribution in [0.4, 0.5) is 0 Å². The number of carbonyl (C=O) groups excluding carboxylic acids is 1. The molecule has 7 nitrogen and oxygen atoms in total. The van der Waals surface area contributed by atoms with Gasteiger partial charge in [0.05, 0.1) is 11.2 Å². The number of carboxylic acid groups (broad SMARTS) is 2. The van der Waals surface area contributed by atoms with Crippen molar-refractivity contribution in [1.29, 1.82) is 0 Å². The number of carbonyl (C=O) groups is 3. The van der Waals surface area contributed by atoms with Gasteiger partial charge in [0.2, 0.25) is 0 Å². The van der Waals surface area contributed by atoms with Gasteiger partial charge in [0.25, 0.3) is 5.78 Å². The first-order valence-electron chi connectivity index (χ1n) is 9.02. The molecule has 0 saturated carbocycles. The van der Waals surface area contributed by atoms with E-state index < -0.39 is 23.3 Å². The van der Waals surface area contributed by atoms with Crippen LogP contribution in [0.1, 0.15) is 53.8 Å². The third kappa shape index (κ3) is 13.7. The highest BCUT2D eigenvalue weighted by Gasteiger charge is 2.12. The third-order valence-electron chi connectivity index (χ3n) is 3.45. The van der Waals surface area contributed by atoms with Crippen LogP contribution in [0.3, 0.4) is 0 Å². The Morgan fingerprint density at radius 2 is 1.24 bits per heavy atom. The van der Waals surface area contributed by atoms with E-state index in [0.29, 0.717) is 5.56 Å². The highest BCUT2D eigenvalue weighted by molar-refractivity contribution is 6.39. The van der Waals surface area contributed by atoms with Crippen LogP contribution in [-0.4, -0.2) is 50.4 Å². The number of rotatable bonds is 7. The maximum Gasteiger partial charge on any atom is 0.377 e. The molecule has 158 valence electrons. The summed E-state index contributed by atoms with van der Waals surface area (Å²) in [5, 5.41) is 34.2. The molecule has 0 aromatic heterocycles. The zero-order valence-corrected chi connectivity index (χ0v) is 16.6. The number of aliphatic hydroxyl groups excluding tert-OH is 1.